The summed E-state index contributed by atoms with van der Waals surface area (Å²) in [5.41, 5.74) is 0. The van der Waals surface area contributed by atoms with Gasteiger partial charge in [-0.3, -0.25) is 0 Å². The summed E-state index contributed by atoms with van der Waals surface area (Å²) in [5.74, 6) is -1.97. The molecule has 2 heterocycles. The number of unbranched alkanes of at least 4 members (excludes halogenated alkanes) is 9. The van der Waals surface area contributed by atoms with E-state index in [9.17, 15) is 40.9 Å². The van der Waals surface area contributed by atoms with Crippen molar-refractivity contribution in [1.82, 2.24) is 0 Å². The van der Waals surface area contributed by atoms with Gasteiger partial charge < -0.3 is 55.1 Å². The maximum atomic E-state index is 10.8. The molecule has 2 fully saturated rings. The molecule has 11 heteroatoms. The molecule has 0 aliphatic carbocycles. The highest BCUT2D eigenvalue weighted by Crippen LogP contribution is 2.38. The third-order valence-corrected chi connectivity index (χ3v) is 7.08. The predicted molar refractivity (Wildman–Crippen MR) is 124 cm³/mol. The third-order valence-electron chi connectivity index (χ3n) is 7.08. The van der Waals surface area contributed by atoms with E-state index in [0.717, 1.165) is 25.7 Å². The van der Waals surface area contributed by atoms with E-state index in [4.69, 9.17) is 14.2 Å². The molecule has 2 aliphatic heterocycles. The van der Waals surface area contributed by atoms with E-state index in [1.54, 1.807) is 0 Å². The number of aliphatic hydroxyl groups is 8. The van der Waals surface area contributed by atoms with Crippen LogP contribution in [0.15, 0.2) is 0 Å². The van der Waals surface area contributed by atoms with Crippen LogP contribution in [-0.2, 0) is 14.2 Å². The van der Waals surface area contributed by atoms with Gasteiger partial charge in [0, 0.05) is 6.42 Å². The SMILES string of the molecule is CCCCCCCCCCCC[C@@]1(O[C@H]2O[C@H](CO)[C@@H](O)[C@H](O)[C@H]2O)O[C@H](CO)[C@@H](O)[C@H](O)[C@H]1O. The highest BCUT2D eigenvalue weighted by atomic mass is 16.8. The molecule has 11 nitrogen and oxygen atoms in total. The molecule has 2 rings (SSSR count). The summed E-state index contributed by atoms with van der Waals surface area (Å²) in [6.07, 6.45) is -3.64. The smallest absolute Gasteiger partial charge is 0.200 e. The Morgan fingerprint density at radius 1 is 0.629 bits per heavy atom. The molecule has 8 N–H and O–H groups in total. The highest BCUT2D eigenvalue weighted by molar-refractivity contribution is 4.99. The summed E-state index contributed by atoms with van der Waals surface area (Å²) in [5, 5.41) is 81.0. The predicted octanol–water partition coefficient (Wildman–Crippen LogP) is -0.716. The van der Waals surface area contributed by atoms with Crippen molar-refractivity contribution >= 4 is 0 Å². The average molecular weight is 511 g/mol. The fourth-order valence-electron chi connectivity index (χ4n) is 4.79. The van der Waals surface area contributed by atoms with E-state index in [2.05, 4.69) is 6.92 Å². The molecule has 0 aromatic heterocycles. The fourth-order valence-corrected chi connectivity index (χ4v) is 4.79. The lowest BCUT2D eigenvalue weighted by molar-refractivity contribution is -0.424. The lowest BCUT2D eigenvalue weighted by Crippen LogP contribution is -2.69. The second-order valence-corrected chi connectivity index (χ2v) is 9.82. The first kappa shape index (κ1) is 30.8. The van der Waals surface area contributed by atoms with Crippen LogP contribution < -0.4 is 0 Å². The quantitative estimate of drug-likeness (QED) is 0.130. The Balaban J connectivity index is 2.03. The third kappa shape index (κ3) is 8.02. The molecule has 0 bridgehead atoms. The molecule has 2 aliphatic rings. The van der Waals surface area contributed by atoms with Crippen LogP contribution in [-0.4, -0.2) is 115 Å². The highest BCUT2D eigenvalue weighted by Gasteiger charge is 2.57. The Morgan fingerprint density at radius 2 is 1.14 bits per heavy atom. The van der Waals surface area contributed by atoms with Crippen molar-refractivity contribution in [2.45, 2.75) is 138 Å². The zero-order valence-electron chi connectivity index (χ0n) is 20.7. The molecule has 0 saturated carbocycles. The lowest BCUT2D eigenvalue weighted by Gasteiger charge is -2.51. The molecule has 10 atom stereocenters. The van der Waals surface area contributed by atoms with Crippen LogP contribution in [0.5, 0.6) is 0 Å². The van der Waals surface area contributed by atoms with Crippen LogP contribution in [0.25, 0.3) is 0 Å². The van der Waals surface area contributed by atoms with Crippen LogP contribution in [0.1, 0.15) is 77.6 Å². The number of ether oxygens (including phenoxy) is 3. The van der Waals surface area contributed by atoms with E-state index < -0.39 is 74.1 Å². The van der Waals surface area contributed by atoms with Crippen LogP contribution in [0.4, 0.5) is 0 Å². The Morgan fingerprint density at radius 3 is 1.69 bits per heavy atom. The summed E-state index contributed by atoms with van der Waals surface area (Å²) in [4.78, 5) is 0. The van der Waals surface area contributed by atoms with E-state index in [0.29, 0.717) is 6.42 Å². The summed E-state index contributed by atoms with van der Waals surface area (Å²) >= 11 is 0. The zero-order valence-corrected chi connectivity index (χ0v) is 20.7. The van der Waals surface area contributed by atoms with Crippen molar-refractivity contribution < 1.29 is 55.1 Å². The van der Waals surface area contributed by atoms with Gasteiger partial charge in [-0.15, -0.1) is 0 Å². The molecule has 0 amide bonds. The molecule has 35 heavy (non-hydrogen) atoms. The Hall–Kier alpha value is -0.440. The van der Waals surface area contributed by atoms with Gasteiger partial charge in [0.05, 0.1) is 13.2 Å². The van der Waals surface area contributed by atoms with Gasteiger partial charge in [-0.2, -0.15) is 0 Å². The standard InChI is InChI=1S/C24H46O11/c1-2-3-4-5-6-7-8-9-10-11-12-24(22(32)20(30)18(28)16(14-26)34-24)35-23-21(31)19(29)17(27)15(13-25)33-23/h15-23,25-32H,2-14H2,1H3/t15-,16-,17-,18-,19+,20+,21-,22-,23-,24+/m1/s1. The van der Waals surface area contributed by atoms with Gasteiger partial charge in [0.1, 0.15) is 48.8 Å². The molecule has 0 aromatic carbocycles. The molecule has 0 spiro atoms. The first-order chi connectivity index (χ1) is 16.7. The van der Waals surface area contributed by atoms with Crippen LogP contribution in [0.3, 0.4) is 0 Å². The summed E-state index contributed by atoms with van der Waals surface area (Å²) < 4.78 is 17.0. The average Bonchev–Trinajstić information content (AvgIpc) is 2.86. The molecule has 0 radical (unpaired) electrons. The molecule has 0 unspecified atom stereocenters. The number of hydrogen-bond acceptors (Lipinski definition) is 11. The second-order valence-electron chi connectivity index (χ2n) is 9.82. The topological polar surface area (TPSA) is 190 Å². The van der Waals surface area contributed by atoms with Gasteiger partial charge in [0.2, 0.25) is 5.79 Å². The Bertz CT molecular complexity index is 578. The second kappa shape index (κ2) is 15.1. The van der Waals surface area contributed by atoms with Crippen molar-refractivity contribution in [1.29, 1.82) is 0 Å². The maximum Gasteiger partial charge on any atom is 0.200 e. The largest absolute Gasteiger partial charge is 0.394 e. The van der Waals surface area contributed by atoms with E-state index in [-0.39, 0.29) is 6.42 Å². The van der Waals surface area contributed by atoms with Crippen LogP contribution in [0, 0.1) is 0 Å². The normalized spacial score (nSPS) is 40.2. The van der Waals surface area contributed by atoms with E-state index in [1.165, 1.54) is 32.1 Å². The minimum atomic E-state index is -1.97. The monoisotopic (exact) mass is 510 g/mol. The van der Waals surface area contributed by atoms with Gasteiger partial charge >= 0.3 is 0 Å². The van der Waals surface area contributed by atoms with Crippen molar-refractivity contribution in [3.05, 3.63) is 0 Å². The summed E-state index contributed by atoms with van der Waals surface area (Å²) in [7, 11) is 0. The number of hydrogen-bond donors (Lipinski definition) is 8. The van der Waals surface area contributed by atoms with Gasteiger partial charge in [0.25, 0.3) is 0 Å². The molecular formula is C24H46O11. The van der Waals surface area contributed by atoms with Gasteiger partial charge in [0.15, 0.2) is 6.29 Å². The minimum absolute atomic E-state index is 0.0416. The minimum Gasteiger partial charge on any atom is -0.394 e. The lowest BCUT2D eigenvalue weighted by atomic mass is 9.88. The van der Waals surface area contributed by atoms with Gasteiger partial charge in [-0.25, -0.2) is 0 Å². The molecule has 2 saturated heterocycles. The van der Waals surface area contributed by atoms with Crippen molar-refractivity contribution in [3.63, 3.8) is 0 Å². The fraction of sp³-hybridized carbons (Fsp3) is 1.00. The Labute approximate surface area is 207 Å². The molecule has 208 valence electrons. The van der Waals surface area contributed by atoms with Crippen molar-refractivity contribution in [2.75, 3.05) is 13.2 Å². The molecule has 0 aromatic rings. The van der Waals surface area contributed by atoms with Crippen molar-refractivity contribution in [2.24, 2.45) is 0 Å². The number of rotatable bonds is 15. The van der Waals surface area contributed by atoms with E-state index >= 15 is 0 Å². The van der Waals surface area contributed by atoms with Crippen LogP contribution >= 0.6 is 0 Å². The van der Waals surface area contributed by atoms with Gasteiger partial charge in [-0.05, 0) is 6.42 Å². The van der Waals surface area contributed by atoms with E-state index in [1.807, 2.05) is 0 Å². The first-order valence-corrected chi connectivity index (χ1v) is 13.0. The van der Waals surface area contributed by atoms with Gasteiger partial charge in [-0.1, -0.05) is 64.7 Å². The zero-order chi connectivity index (χ0) is 26.0. The Kier molecular flexibility index (Phi) is 13.3. The maximum absolute atomic E-state index is 10.8. The molecular weight excluding hydrogens is 464 g/mol. The van der Waals surface area contributed by atoms with Crippen molar-refractivity contribution in [3.8, 4) is 0 Å². The first-order valence-electron chi connectivity index (χ1n) is 13.0. The summed E-state index contributed by atoms with van der Waals surface area (Å²) in [6, 6.07) is 0. The summed E-state index contributed by atoms with van der Waals surface area (Å²) in [6.45, 7) is 0.854. The van der Waals surface area contributed by atoms with Crippen LogP contribution in [0.2, 0.25) is 0 Å². The number of aliphatic hydroxyl groups excluding tert-OH is 8.